The van der Waals surface area contributed by atoms with Crippen molar-refractivity contribution in [3.8, 4) is 5.88 Å². The monoisotopic (exact) mass is 227 g/mol. The van der Waals surface area contributed by atoms with Gasteiger partial charge in [-0.15, -0.1) is 0 Å². The van der Waals surface area contributed by atoms with Crippen molar-refractivity contribution in [1.29, 1.82) is 0 Å². The van der Waals surface area contributed by atoms with Crippen LogP contribution in [0.4, 0.5) is 0 Å². The molecule has 0 saturated heterocycles. The van der Waals surface area contributed by atoms with Gasteiger partial charge in [-0.05, 0) is 25.0 Å². The molecule has 0 spiro atoms. The normalized spacial score (nSPS) is 10.3. The number of aliphatic carboxylic acids is 2. The largest absolute Gasteiger partial charge is 0.481 e. The molecule has 0 atom stereocenters. The van der Waals surface area contributed by atoms with Crippen LogP contribution in [-0.4, -0.2) is 33.7 Å². The van der Waals surface area contributed by atoms with Gasteiger partial charge >= 0.3 is 11.9 Å². The molecule has 0 aliphatic heterocycles. The third kappa shape index (κ3) is 3.64. The Morgan fingerprint density at radius 1 is 1.38 bits per heavy atom. The molecule has 6 nitrogen and oxygen atoms in total. The zero-order chi connectivity index (χ0) is 12.0. The fourth-order valence-electron chi connectivity index (χ4n) is 1.23. The second-order valence-corrected chi connectivity index (χ2v) is 3.25. The molecular formula is C10H13NO5. The van der Waals surface area contributed by atoms with E-state index in [9.17, 15) is 9.59 Å². The van der Waals surface area contributed by atoms with Crippen LogP contribution in [0.25, 0.3) is 0 Å². The number of rotatable bonds is 7. The molecule has 0 bridgehead atoms. The lowest BCUT2D eigenvalue weighted by atomic mass is 10.0. The van der Waals surface area contributed by atoms with Gasteiger partial charge in [0.1, 0.15) is 0 Å². The summed E-state index contributed by atoms with van der Waals surface area (Å²) in [5.74, 6) is -3.39. The van der Waals surface area contributed by atoms with Gasteiger partial charge in [0.05, 0.1) is 6.61 Å². The van der Waals surface area contributed by atoms with Crippen LogP contribution in [0, 0.1) is 5.92 Å². The Hall–Kier alpha value is -1.98. The Bertz CT molecular complexity index is 332. The highest BCUT2D eigenvalue weighted by Gasteiger charge is 2.24. The van der Waals surface area contributed by atoms with Gasteiger partial charge in [-0.3, -0.25) is 9.59 Å². The number of hydrogen-bond donors (Lipinski definition) is 3. The van der Waals surface area contributed by atoms with Crippen LogP contribution in [0.5, 0.6) is 5.88 Å². The number of H-pyrrole nitrogens is 1. The predicted octanol–water partition coefficient (Wildman–Crippen LogP) is 0.959. The van der Waals surface area contributed by atoms with Crippen LogP contribution >= 0.6 is 0 Å². The summed E-state index contributed by atoms with van der Waals surface area (Å²) >= 11 is 0. The van der Waals surface area contributed by atoms with E-state index in [0.29, 0.717) is 12.3 Å². The van der Waals surface area contributed by atoms with Crippen molar-refractivity contribution in [3.05, 3.63) is 18.3 Å². The van der Waals surface area contributed by atoms with Gasteiger partial charge in [0.25, 0.3) is 0 Å². The summed E-state index contributed by atoms with van der Waals surface area (Å²) in [6, 6.07) is 3.50. The molecule has 0 amide bonds. The van der Waals surface area contributed by atoms with Crippen LogP contribution in [-0.2, 0) is 9.59 Å². The predicted molar refractivity (Wildman–Crippen MR) is 54.3 cm³/mol. The average Bonchev–Trinajstić information content (AvgIpc) is 2.68. The van der Waals surface area contributed by atoms with Crippen LogP contribution < -0.4 is 4.74 Å². The van der Waals surface area contributed by atoms with E-state index in [-0.39, 0.29) is 13.0 Å². The summed E-state index contributed by atoms with van der Waals surface area (Å²) in [4.78, 5) is 23.9. The quantitative estimate of drug-likeness (QED) is 0.476. The summed E-state index contributed by atoms with van der Waals surface area (Å²) in [7, 11) is 0. The van der Waals surface area contributed by atoms with Gasteiger partial charge in [0.2, 0.25) is 0 Å². The minimum Gasteiger partial charge on any atom is -0.481 e. The molecular weight excluding hydrogens is 214 g/mol. The highest BCUT2D eigenvalue weighted by Crippen LogP contribution is 2.09. The van der Waals surface area contributed by atoms with Gasteiger partial charge in [0.15, 0.2) is 11.8 Å². The zero-order valence-corrected chi connectivity index (χ0v) is 8.55. The molecule has 1 aromatic rings. The number of aromatic nitrogens is 1. The fourth-order valence-corrected chi connectivity index (χ4v) is 1.23. The van der Waals surface area contributed by atoms with Crippen molar-refractivity contribution in [3.63, 3.8) is 0 Å². The number of ether oxygens (including phenoxy) is 1. The Morgan fingerprint density at radius 2 is 2.06 bits per heavy atom. The summed E-state index contributed by atoms with van der Waals surface area (Å²) in [5, 5.41) is 17.2. The fraction of sp³-hybridized carbons (Fsp3) is 0.400. The second kappa shape index (κ2) is 5.79. The van der Waals surface area contributed by atoms with E-state index in [1.165, 1.54) is 0 Å². The van der Waals surface area contributed by atoms with E-state index in [4.69, 9.17) is 14.9 Å². The van der Waals surface area contributed by atoms with Gasteiger partial charge in [-0.25, -0.2) is 0 Å². The van der Waals surface area contributed by atoms with Crippen molar-refractivity contribution in [1.82, 2.24) is 4.98 Å². The van der Waals surface area contributed by atoms with Crippen molar-refractivity contribution >= 4 is 11.9 Å². The Morgan fingerprint density at radius 3 is 2.56 bits per heavy atom. The number of carbonyl (C=O) groups is 2. The van der Waals surface area contributed by atoms with Crippen LogP contribution in [0.2, 0.25) is 0 Å². The summed E-state index contributed by atoms with van der Waals surface area (Å²) in [6.07, 6.45) is 2.14. The molecule has 0 fully saturated rings. The molecule has 3 N–H and O–H groups in total. The average molecular weight is 227 g/mol. The van der Waals surface area contributed by atoms with Gasteiger partial charge in [-0.1, -0.05) is 0 Å². The highest BCUT2D eigenvalue weighted by atomic mass is 16.5. The maximum absolute atomic E-state index is 10.5. The van der Waals surface area contributed by atoms with Gasteiger partial charge in [-0.2, -0.15) is 0 Å². The molecule has 88 valence electrons. The van der Waals surface area contributed by atoms with Crippen LogP contribution in [0.3, 0.4) is 0 Å². The molecule has 1 heterocycles. The first-order valence-corrected chi connectivity index (χ1v) is 4.83. The maximum atomic E-state index is 10.5. The first-order chi connectivity index (χ1) is 7.61. The number of hydrogen-bond acceptors (Lipinski definition) is 3. The molecule has 6 heteroatoms. The minimum absolute atomic E-state index is 0.0609. The lowest BCUT2D eigenvalue weighted by Crippen LogP contribution is -2.23. The van der Waals surface area contributed by atoms with E-state index < -0.39 is 17.9 Å². The number of carboxylic acid groups (broad SMARTS) is 2. The lowest BCUT2D eigenvalue weighted by Gasteiger charge is -2.07. The van der Waals surface area contributed by atoms with Crippen LogP contribution in [0.15, 0.2) is 18.3 Å². The molecule has 0 saturated carbocycles. The van der Waals surface area contributed by atoms with E-state index >= 15 is 0 Å². The lowest BCUT2D eigenvalue weighted by molar-refractivity contribution is -0.154. The maximum Gasteiger partial charge on any atom is 0.317 e. The van der Waals surface area contributed by atoms with E-state index in [1.54, 1.807) is 18.3 Å². The number of aromatic amines is 1. The van der Waals surface area contributed by atoms with Crippen molar-refractivity contribution in [2.45, 2.75) is 12.8 Å². The molecule has 0 unspecified atom stereocenters. The topological polar surface area (TPSA) is 99.6 Å². The first-order valence-electron chi connectivity index (χ1n) is 4.83. The Labute approximate surface area is 91.9 Å². The Kier molecular flexibility index (Phi) is 4.38. The first kappa shape index (κ1) is 12.1. The second-order valence-electron chi connectivity index (χ2n) is 3.25. The molecule has 16 heavy (non-hydrogen) atoms. The SMILES string of the molecule is O=C(O)C(CCCOc1ccc[nH]1)C(=O)O. The van der Waals surface area contributed by atoms with Crippen molar-refractivity contribution in [2.24, 2.45) is 5.92 Å². The third-order valence-electron chi connectivity index (χ3n) is 2.06. The molecule has 1 aromatic heterocycles. The molecule has 0 radical (unpaired) electrons. The minimum atomic E-state index is -1.35. The van der Waals surface area contributed by atoms with E-state index in [1.807, 2.05) is 0 Å². The standard InChI is InChI=1S/C10H13NO5/c12-9(13)7(10(14)15)3-2-6-16-8-4-1-5-11-8/h1,4-5,7,11H,2-3,6H2,(H,12,13)(H,14,15). The van der Waals surface area contributed by atoms with Gasteiger partial charge in [0, 0.05) is 6.20 Å². The van der Waals surface area contributed by atoms with E-state index in [0.717, 1.165) is 0 Å². The summed E-state index contributed by atoms with van der Waals surface area (Å²) in [5.41, 5.74) is 0. The molecule has 0 aliphatic carbocycles. The summed E-state index contributed by atoms with van der Waals surface area (Å²) in [6.45, 7) is 0.289. The molecule has 0 aliphatic rings. The summed E-state index contributed by atoms with van der Waals surface area (Å²) < 4.78 is 5.21. The molecule has 0 aromatic carbocycles. The van der Waals surface area contributed by atoms with Crippen LogP contribution in [0.1, 0.15) is 12.8 Å². The highest BCUT2D eigenvalue weighted by molar-refractivity contribution is 5.92. The Balaban J connectivity index is 2.23. The van der Waals surface area contributed by atoms with Gasteiger partial charge < -0.3 is 19.9 Å². The zero-order valence-electron chi connectivity index (χ0n) is 8.55. The number of nitrogens with one attached hydrogen (secondary N) is 1. The van der Waals surface area contributed by atoms with E-state index in [2.05, 4.69) is 4.98 Å². The molecule has 1 rings (SSSR count). The number of carboxylic acids is 2. The smallest absolute Gasteiger partial charge is 0.317 e. The van der Waals surface area contributed by atoms with Crippen molar-refractivity contribution in [2.75, 3.05) is 6.61 Å². The van der Waals surface area contributed by atoms with Crippen molar-refractivity contribution < 1.29 is 24.5 Å². The third-order valence-corrected chi connectivity index (χ3v) is 2.06.